The Bertz CT molecular complexity index is 1210. The van der Waals surface area contributed by atoms with E-state index < -0.39 is 12.0 Å². The second kappa shape index (κ2) is 9.27. The number of anilines is 1. The minimum Gasteiger partial charge on any atom is -0.478 e. The van der Waals surface area contributed by atoms with Crippen molar-refractivity contribution in [3.63, 3.8) is 0 Å². The van der Waals surface area contributed by atoms with Gasteiger partial charge < -0.3 is 14.9 Å². The number of rotatable bonds is 7. The summed E-state index contributed by atoms with van der Waals surface area (Å²) in [6.45, 7) is 5.09. The number of benzene rings is 1. The van der Waals surface area contributed by atoms with Crippen molar-refractivity contribution in [1.82, 2.24) is 24.7 Å². The van der Waals surface area contributed by atoms with Crippen LogP contribution in [-0.2, 0) is 9.59 Å². The highest BCUT2D eigenvalue weighted by Gasteiger charge is 2.27. The third kappa shape index (κ3) is 4.52. The van der Waals surface area contributed by atoms with E-state index in [-0.39, 0.29) is 17.4 Å². The summed E-state index contributed by atoms with van der Waals surface area (Å²) < 4.78 is 1.70. The Morgan fingerprint density at radius 3 is 2.59 bits per heavy atom. The van der Waals surface area contributed by atoms with Crippen LogP contribution in [0.2, 0.25) is 0 Å². The van der Waals surface area contributed by atoms with E-state index in [9.17, 15) is 19.5 Å². The molecule has 2 aromatic heterocycles. The van der Waals surface area contributed by atoms with Crippen molar-refractivity contribution in [2.75, 3.05) is 19.0 Å². The highest BCUT2D eigenvalue weighted by molar-refractivity contribution is 8.02. The maximum Gasteiger partial charge on any atom is 0.335 e. The maximum atomic E-state index is 12.5. The molecule has 1 unspecified atom stereocenters. The number of carboxylic acid groups (broad SMARTS) is 1. The molecular formula is C21H24N6O4S. The number of aromatic nitrogens is 4. The number of hydrogen-bond donors (Lipinski definition) is 2. The average Bonchev–Trinajstić information content (AvgIpc) is 3.26. The molecule has 0 aliphatic carbocycles. The van der Waals surface area contributed by atoms with Crippen molar-refractivity contribution < 1.29 is 19.5 Å². The van der Waals surface area contributed by atoms with Crippen LogP contribution < -0.4 is 4.90 Å². The van der Waals surface area contributed by atoms with Crippen LogP contribution in [0.25, 0.3) is 5.65 Å². The average molecular weight is 457 g/mol. The molecule has 2 amide bonds. The first-order valence-corrected chi connectivity index (χ1v) is 10.6. The monoisotopic (exact) mass is 456 g/mol. The zero-order chi connectivity index (χ0) is 23.6. The molecule has 0 radical (unpaired) electrons. The fraction of sp³-hybridized carbons (Fsp3) is 0.286. The highest BCUT2D eigenvalue weighted by atomic mass is 32.2. The molecule has 3 rings (SSSR count). The van der Waals surface area contributed by atoms with Crippen LogP contribution in [0.4, 0.5) is 5.69 Å². The van der Waals surface area contributed by atoms with Gasteiger partial charge in [-0.2, -0.15) is 0 Å². The van der Waals surface area contributed by atoms with Gasteiger partial charge in [0.2, 0.25) is 11.8 Å². The maximum absolute atomic E-state index is 12.5. The molecular weight excluding hydrogens is 432 g/mol. The quantitative estimate of drug-likeness (QED) is 0.414. The summed E-state index contributed by atoms with van der Waals surface area (Å²) >= 11 is 1.34. The van der Waals surface area contributed by atoms with Gasteiger partial charge in [-0.25, -0.2) is 9.31 Å². The number of hydrogen-bond acceptors (Lipinski definition) is 6. The van der Waals surface area contributed by atoms with Gasteiger partial charge in [-0.15, -0.1) is 10.2 Å². The third-order valence-corrected chi connectivity index (χ3v) is 5.82. The molecule has 2 N–H and O–H groups in total. The number of likely N-dealkylation sites (N-methyl/N-ethyl adjacent to an activating group) is 1. The lowest BCUT2D eigenvalue weighted by atomic mass is 10.1. The van der Waals surface area contributed by atoms with Gasteiger partial charge in [0.15, 0.2) is 11.5 Å². The number of amides is 2. The summed E-state index contributed by atoms with van der Waals surface area (Å²) in [4.78, 5) is 39.4. The van der Waals surface area contributed by atoms with Crippen LogP contribution >= 0.6 is 11.8 Å². The molecule has 32 heavy (non-hydrogen) atoms. The van der Waals surface area contributed by atoms with Crippen LogP contribution in [0, 0.1) is 6.92 Å². The van der Waals surface area contributed by atoms with E-state index in [1.54, 1.807) is 43.1 Å². The largest absolute Gasteiger partial charge is 0.478 e. The minimum absolute atomic E-state index is 0.0841. The molecule has 0 saturated carbocycles. The summed E-state index contributed by atoms with van der Waals surface area (Å²) in [6.07, 6.45) is 1.47. The fourth-order valence-corrected chi connectivity index (χ4v) is 4.02. The lowest BCUT2D eigenvalue weighted by molar-refractivity contribution is -0.123. The molecule has 2 heterocycles. The van der Waals surface area contributed by atoms with Crippen molar-refractivity contribution in [2.45, 2.75) is 31.7 Å². The zero-order valence-corrected chi connectivity index (χ0v) is 19.2. The van der Waals surface area contributed by atoms with Crippen LogP contribution in [0.3, 0.4) is 0 Å². The van der Waals surface area contributed by atoms with Crippen molar-refractivity contribution in [2.24, 2.45) is 0 Å². The van der Waals surface area contributed by atoms with E-state index in [0.29, 0.717) is 17.2 Å². The van der Waals surface area contributed by atoms with Gasteiger partial charge in [0.25, 0.3) is 0 Å². The van der Waals surface area contributed by atoms with Gasteiger partial charge in [-0.3, -0.25) is 14.7 Å². The molecule has 1 aromatic carbocycles. The van der Waals surface area contributed by atoms with Crippen molar-refractivity contribution >= 4 is 40.9 Å². The van der Waals surface area contributed by atoms with E-state index in [1.165, 1.54) is 46.7 Å². The van der Waals surface area contributed by atoms with Crippen molar-refractivity contribution in [3.05, 3.63) is 52.8 Å². The van der Waals surface area contributed by atoms with Crippen molar-refractivity contribution in [3.8, 4) is 0 Å². The van der Waals surface area contributed by atoms with Crippen molar-refractivity contribution in [1.29, 1.82) is 0 Å². The molecule has 168 valence electrons. The first kappa shape index (κ1) is 23.1. The highest BCUT2D eigenvalue weighted by Crippen LogP contribution is 2.31. The number of fused-ring (bicyclic) bond motifs is 1. The van der Waals surface area contributed by atoms with E-state index >= 15 is 0 Å². The first-order valence-electron chi connectivity index (χ1n) is 9.73. The van der Waals surface area contributed by atoms with Gasteiger partial charge in [0.1, 0.15) is 0 Å². The van der Waals surface area contributed by atoms with Crippen LogP contribution in [0.15, 0.2) is 40.6 Å². The molecule has 0 fully saturated rings. The van der Waals surface area contributed by atoms with E-state index in [2.05, 4.69) is 15.3 Å². The smallest absolute Gasteiger partial charge is 0.335 e. The molecule has 10 nitrogen and oxygen atoms in total. The molecule has 0 bridgehead atoms. The Kier molecular flexibility index (Phi) is 6.68. The van der Waals surface area contributed by atoms with E-state index in [4.69, 9.17) is 0 Å². The fourth-order valence-electron chi connectivity index (χ4n) is 3.24. The molecule has 0 aliphatic heterocycles. The number of carboxylic acids is 1. The minimum atomic E-state index is -1.07. The number of H-pyrrole nitrogens is 1. The number of aromatic amines is 1. The number of aromatic carboxylic acids is 1. The molecule has 0 saturated heterocycles. The SMILES string of the molecule is CC(=O)N(c1cccc(C(=O)O)c1)C(C)c1nnc2c(S/C=C/C(=O)N(C)C)c(C)[nH]n12. The van der Waals surface area contributed by atoms with Crippen LogP contribution in [0.5, 0.6) is 0 Å². The Morgan fingerprint density at radius 2 is 1.97 bits per heavy atom. The predicted molar refractivity (Wildman–Crippen MR) is 121 cm³/mol. The predicted octanol–water partition coefficient (Wildman–Crippen LogP) is 2.87. The van der Waals surface area contributed by atoms with Crippen LogP contribution in [-0.4, -0.2) is 61.7 Å². The first-order chi connectivity index (χ1) is 15.1. The lowest BCUT2D eigenvalue weighted by Gasteiger charge is -2.27. The molecule has 0 spiro atoms. The lowest BCUT2D eigenvalue weighted by Crippen LogP contribution is -2.32. The number of carbonyl (C=O) groups excluding carboxylic acids is 2. The Labute approximate surface area is 188 Å². The van der Waals surface area contributed by atoms with Gasteiger partial charge in [-0.1, -0.05) is 17.8 Å². The number of aryl methyl sites for hydroxylation is 1. The summed E-state index contributed by atoms with van der Waals surface area (Å²) in [5.74, 6) is -0.979. The summed E-state index contributed by atoms with van der Waals surface area (Å²) in [5, 5.41) is 22.7. The topological polar surface area (TPSA) is 124 Å². The van der Waals surface area contributed by atoms with Gasteiger partial charge in [0, 0.05) is 38.5 Å². The zero-order valence-electron chi connectivity index (χ0n) is 18.4. The summed E-state index contributed by atoms with van der Waals surface area (Å²) in [6, 6.07) is 5.66. The number of carbonyl (C=O) groups is 3. The molecule has 0 aliphatic rings. The number of nitrogens with zero attached hydrogens (tertiary/aromatic N) is 5. The molecule has 1 atom stereocenters. The molecule has 3 aromatic rings. The van der Waals surface area contributed by atoms with E-state index in [0.717, 1.165) is 10.6 Å². The Morgan fingerprint density at radius 1 is 1.25 bits per heavy atom. The summed E-state index contributed by atoms with van der Waals surface area (Å²) in [5.41, 5.74) is 1.93. The van der Waals surface area contributed by atoms with E-state index in [1.807, 2.05) is 6.92 Å². The second-order valence-electron chi connectivity index (χ2n) is 7.36. The van der Waals surface area contributed by atoms with Crippen LogP contribution in [0.1, 0.15) is 41.8 Å². The van der Waals surface area contributed by atoms with Gasteiger partial charge >= 0.3 is 5.97 Å². The normalized spacial score (nSPS) is 12.3. The van der Waals surface area contributed by atoms with Gasteiger partial charge in [0.05, 0.1) is 16.5 Å². The Hall–Kier alpha value is -3.60. The standard InChI is InChI=1S/C21H24N6O4S/c1-12-18(32-10-9-17(29)25(4)5)20-23-22-19(27(20)24-12)13(2)26(14(3)28)16-8-6-7-15(11-16)21(30)31/h6-11,13,24H,1-5H3,(H,30,31)/b10-9+. The Balaban J connectivity index is 1.96. The third-order valence-electron chi connectivity index (χ3n) is 4.82. The number of thioether (sulfide) groups is 1. The number of nitrogens with one attached hydrogen (secondary N) is 1. The summed E-state index contributed by atoms with van der Waals surface area (Å²) in [7, 11) is 3.35. The van der Waals surface area contributed by atoms with Gasteiger partial charge in [-0.05, 0) is 37.5 Å². The second-order valence-corrected chi connectivity index (χ2v) is 8.27. The molecule has 11 heteroatoms.